The average molecular weight is 431 g/mol. The Bertz CT molecular complexity index is 1070. The van der Waals surface area contributed by atoms with Crippen molar-refractivity contribution in [3.63, 3.8) is 0 Å². The number of amides is 1. The molecule has 0 atom stereocenters. The largest absolute Gasteiger partial charge is 0.493 e. The summed E-state index contributed by atoms with van der Waals surface area (Å²) < 4.78 is 49.2. The smallest absolute Gasteiger partial charge is 0.416 e. The molecule has 0 unspecified atom stereocenters. The number of methoxy groups -OCH3 is 2. The maximum absolute atomic E-state index is 12.9. The Kier molecular flexibility index (Phi) is 6.64. The Morgan fingerprint density at radius 3 is 2.48 bits per heavy atom. The number of aromatic nitrogens is 1. The van der Waals surface area contributed by atoms with Gasteiger partial charge < -0.3 is 20.1 Å². The van der Waals surface area contributed by atoms with Crippen LogP contribution < -0.4 is 20.1 Å². The second kappa shape index (κ2) is 9.38. The number of hydrogen-bond donors (Lipinski definition) is 2. The van der Waals surface area contributed by atoms with E-state index < -0.39 is 17.6 Å². The minimum Gasteiger partial charge on any atom is -0.493 e. The molecule has 0 radical (unpaired) electrons. The fraction of sp³-hybridized carbons (Fsp3) is 0.182. The van der Waals surface area contributed by atoms with E-state index >= 15 is 0 Å². The molecular formula is C22H20F3N3O3. The topological polar surface area (TPSA) is 72.5 Å². The lowest BCUT2D eigenvalue weighted by Gasteiger charge is -2.13. The molecule has 3 rings (SSSR count). The molecule has 3 aromatic rings. The van der Waals surface area contributed by atoms with Crippen LogP contribution in [0.4, 0.5) is 24.7 Å². The number of hydrogen-bond acceptors (Lipinski definition) is 5. The Balaban J connectivity index is 1.75. The number of pyridine rings is 1. The summed E-state index contributed by atoms with van der Waals surface area (Å²) in [7, 11) is 3.07. The number of ether oxygens (including phenoxy) is 2. The number of carbonyl (C=O) groups is 1. The van der Waals surface area contributed by atoms with Crippen LogP contribution in [0.1, 0.15) is 21.5 Å². The molecule has 0 saturated carbocycles. The van der Waals surface area contributed by atoms with Gasteiger partial charge in [0.25, 0.3) is 5.91 Å². The fourth-order valence-electron chi connectivity index (χ4n) is 2.88. The molecule has 0 aliphatic rings. The Labute approximate surface area is 177 Å². The van der Waals surface area contributed by atoms with Gasteiger partial charge in [-0.3, -0.25) is 4.79 Å². The van der Waals surface area contributed by atoms with Crippen LogP contribution >= 0.6 is 0 Å². The zero-order valence-electron chi connectivity index (χ0n) is 16.8. The molecule has 0 saturated heterocycles. The van der Waals surface area contributed by atoms with Crippen molar-refractivity contribution in [2.24, 2.45) is 0 Å². The van der Waals surface area contributed by atoms with E-state index in [1.807, 2.05) is 6.07 Å². The van der Waals surface area contributed by atoms with Gasteiger partial charge >= 0.3 is 6.18 Å². The van der Waals surface area contributed by atoms with Gasteiger partial charge in [-0.05, 0) is 48.0 Å². The third-order valence-electron chi connectivity index (χ3n) is 4.41. The molecule has 31 heavy (non-hydrogen) atoms. The van der Waals surface area contributed by atoms with Gasteiger partial charge in [-0.15, -0.1) is 0 Å². The van der Waals surface area contributed by atoms with Crippen molar-refractivity contribution >= 4 is 17.4 Å². The van der Waals surface area contributed by atoms with Crippen LogP contribution in [0, 0.1) is 0 Å². The number of nitrogens with zero attached hydrogens (tertiary/aromatic N) is 1. The number of alkyl halides is 3. The second-order valence-electron chi connectivity index (χ2n) is 6.48. The third-order valence-corrected chi connectivity index (χ3v) is 4.41. The lowest BCUT2D eigenvalue weighted by Crippen LogP contribution is -2.16. The van der Waals surface area contributed by atoms with E-state index in [0.29, 0.717) is 23.9 Å². The van der Waals surface area contributed by atoms with Crippen molar-refractivity contribution in [1.29, 1.82) is 0 Å². The molecule has 162 valence electrons. The minimum absolute atomic E-state index is 0.0366. The van der Waals surface area contributed by atoms with Gasteiger partial charge in [0.05, 0.1) is 25.3 Å². The van der Waals surface area contributed by atoms with E-state index in [2.05, 4.69) is 15.6 Å². The standard InChI is InChI=1S/C22H20F3N3O3/c1-30-18-9-8-14(11-19(18)31-2)13-27-20-17(7-4-10-26-20)21(29)28-16-6-3-5-15(12-16)22(23,24)25/h3-12H,13H2,1-2H3,(H,26,27)(H,28,29). The zero-order valence-corrected chi connectivity index (χ0v) is 16.8. The first kappa shape index (κ1) is 21.9. The first-order valence-corrected chi connectivity index (χ1v) is 9.20. The number of halogens is 3. The van der Waals surface area contributed by atoms with E-state index in [9.17, 15) is 18.0 Å². The van der Waals surface area contributed by atoms with Gasteiger partial charge in [0.15, 0.2) is 11.5 Å². The maximum atomic E-state index is 12.9. The molecule has 1 amide bonds. The number of anilines is 2. The highest BCUT2D eigenvalue weighted by Gasteiger charge is 2.30. The van der Waals surface area contributed by atoms with E-state index in [1.165, 1.54) is 31.5 Å². The van der Waals surface area contributed by atoms with Crippen molar-refractivity contribution in [3.05, 3.63) is 77.5 Å². The molecule has 0 bridgehead atoms. The highest BCUT2D eigenvalue weighted by Crippen LogP contribution is 2.31. The van der Waals surface area contributed by atoms with Gasteiger partial charge in [0, 0.05) is 18.4 Å². The van der Waals surface area contributed by atoms with E-state index in [-0.39, 0.29) is 11.3 Å². The summed E-state index contributed by atoms with van der Waals surface area (Å²) in [5.74, 6) is 0.861. The Morgan fingerprint density at radius 1 is 1.00 bits per heavy atom. The van der Waals surface area contributed by atoms with E-state index in [1.54, 1.807) is 25.3 Å². The van der Waals surface area contributed by atoms with Gasteiger partial charge in [0.2, 0.25) is 0 Å². The van der Waals surface area contributed by atoms with Crippen LogP contribution in [0.15, 0.2) is 60.8 Å². The van der Waals surface area contributed by atoms with Crippen molar-refractivity contribution < 1.29 is 27.4 Å². The van der Waals surface area contributed by atoms with Crippen LogP contribution in [-0.2, 0) is 12.7 Å². The monoisotopic (exact) mass is 431 g/mol. The minimum atomic E-state index is -4.50. The van der Waals surface area contributed by atoms with Crippen LogP contribution in [0.5, 0.6) is 11.5 Å². The zero-order chi connectivity index (χ0) is 22.4. The molecule has 1 aromatic heterocycles. The van der Waals surface area contributed by atoms with Crippen molar-refractivity contribution in [2.45, 2.75) is 12.7 Å². The molecule has 6 nitrogen and oxygen atoms in total. The molecule has 0 fully saturated rings. The Hall–Kier alpha value is -3.75. The number of rotatable bonds is 7. The molecular weight excluding hydrogens is 411 g/mol. The second-order valence-corrected chi connectivity index (χ2v) is 6.48. The molecule has 1 heterocycles. The van der Waals surface area contributed by atoms with Crippen LogP contribution in [-0.4, -0.2) is 25.1 Å². The normalized spacial score (nSPS) is 11.0. The van der Waals surface area contributed by atoms with Gasteiger partial charge in [-0.2, -0.15) is 13.2 Å². The summed E-state index contributed by atoms with van der Waals surface area (Å²) in [6.07, 6.45) is -2.99. The van der Waals surface area contributed by atoms with Gasteiger partial charge in [0.1, 0.15) is 5.82 Å². The first-order chi connectivity index (χ1) is 14.8. The molecule has 0 aliphatic heterocycles. The summed E-state index contributed by atoms with van der Waals surface area (Å²) in [5, 5.41) is 5.56. The molecule has 2 N–H and O–H groups in total. The predicted octanol–water partition coefficient (Wildman–Crippen LogP) is 4.98. The lowest BCUT2D eigenvalue weighted by molar-refractivity contribution is -0.137. The summed E-state index contributed by atoms with van der Waals surface area (Å²) >= 11 is 0. The molecule has 2 aromatic carbocycles. The number of benzene rings is 2. The number of nitrogens with one attached hydrogen (secondary N) is 2. The third kappa shape index (κ3) is 5.44. The quantitative estimate of drug-likeness (QED) is 0.552. The maximum Gasteiger partial charge on any atom is 0.416 e. The van der Waals surface area contributed by atoms with Crippen LogP contribution in [0.3, 0.4) is 0 Å². The molecule has 0 spiro atoms. The lowest BCUT2D eigenvalue weighted by atomic mass is 10.1. The van der Waals surface area contributed by atoms with Gasteiger partial charge in [-0.1, -0.05) is 12.1 Å². The molecule has 9 heteroatoms. The predicted molar refractivity (Wildman–Crippen MR) is 111 cm³/mol. The van der Waals surface area contributed by atoms with Crippen molar-refractivity contribution in [2.75, 3.05) is 24.9 Å². The van der Waals surface area contributed by atoms with Crippen molar-refractivity contribution in [3.8, 4) is 11.5 Å². The fourth-order valence-corrected chi connectivity index (χ4v) is 2.88. The number of carbonyl (C=O) groups excluding carboxylic acids is 1. The first-order valence-electron chi connectivity index (χ1n) is 9.20. The summed E-state index contributed by atoms with van der Waals surface area (Å²) in [6.45, 7) is 0.335. The van der Waals surface area contributed by atoms with Crippen molar-refractivity contribution in [1.82, 2.24) is 4.98 Å². The van der Waals surface area contributed by atoms with Gasteiger partial charge in [-0.25, -0.2) is 4.98 Å². The summed E-state index contributed by atoms with van der Waals surface area (Å²) in [5.41, 5.74) is 0.241. The highest BCUT2D eigenvalue weighted by molar-refractivity contribution is 6.07. The van der Waals surface area contributed by atoms with Crippen LogP contribution in [0.25, 0.3) is 0 Å². The summed E-state index contributed by atoms with van der Waals surface area (Å²) in [4.78, 5) is 16.9. The van der Waals surface area contributed by atoms with E-state index in [0.717, 1.165) is 17.7 Å². The van der Waals surface area contributed by atoms with Crippen LogP contribution in [0.2, 0.25) is 0 Å². The summed E-state index contributed by atoms with van der Waals surface area (Å²) in [6, 6.07) is 12.9. The average Bonchev–Trinajstić information content (AvgIpc) is 2.77. The highest BCUT2D eigenvalue weighted by atomic mass is 19.4. The Morgan fingerprint density at radius 2 is 1.77 bits per heavy atom. The molecule has 0 aliphatic carbocycles. The van der Waals surface area contributed by atoms with E-state index in [4.69, 9.17) is 9.47 Å². The SMILES string of the molecule is COc1ccc(CNc2ncccc2C(=O)Nc2cccc(C(F)(F)F)c2)cc1OC.